The number of methoxy groups -OCH3 is 2. The molecule has 8 heteroatoms. The van der Waals surface area contributed by atoms with Crippen molar-refractivity contribution in [2.75, 3.05) is 14.2 Å². The van der Waals surface area contributed by atoms with E-state index in [9.17, 15) is 14.7 Å². The van der Waals surface area contributed by atoms with Crippen LogP contribution in [0, 0.1) is 0 Å². The van der Waals surface area contributed by atoms with E-state index >= 15 is 0 Å². The molecule has 0 unspecified atom stereocenters. The molecule has 4 rings (SSSR count). The maximum Gasteiger partial charge on any atom is 0.336 e. The second kappa shape index (κ2) is 9.35. The third-order valence-corrected chi connectivity index (χ3v) is 5.22. The van der Waals surface area contributed by atoms with Gasteiger partial charge in [0.25, 0.3) is 0 Å². The van der Waals surface area contributed by atoms with Gasteiger partial charge in [0.15, 0.2) is 5.78 Å². The Kier molecular flexibility index (Phi) is 6.17. The third kappa shape index (κ3) is 4.59. The number of carboxylic acids is 1. The van der Waals surface area contributed by atoms with E-state index < -0.39 is 11.8 Å². The molecule has 1 N–H and O–H groups in total. The summed E-state index contributed by atoms with van der Waals surface area (Å²) in [5.74, 6) is -0.372. The van der Waals surface area contributed by atoms with Crippen molar-refractivity contribution >= 4 is 28.4 Å². The summed E-state index contributed by atoms with van der Waals surface area (Å²) in [6.07, 6.45) is 0.103. The molecule has 1 aromatic heterocycles. The van der Waals surface area contributed by atoms with Crippen LogP contribution >= 0.6 is 0 Å². The number of fused-ring (bicyclic) bond motifs is 1. The largest absolute Gasteiger partial charge is 0.497 e. The number of carbonyl (C=O) groups excluding carboxylic acids is 1. The van der Waals surface area contributed by atoms with Crippen LogP contribution in [0.2, 0.25) is 0 Å². The lowest BCUT2D eigenvalue weighted by Gasteiger charge is -2.14. The van der Waals surface area contributed by atoms with Crippen LogP contribution in [0.25, 0.3) is 16.6 Å². The smallest absolute Gasteiger partial charge is 0.336 e. The number of hydrogen-bond acceptors (Lipinski definition) is 7. The molecule has 33 heavy (non-hydrogen) atoms. The Morgan fingerprint density at radius 1 is 0.818 bits per heavy atom. The Labute approximate surface area is 189 Å². The highest BCUT2D eigenvalue weighted by atomic mass is 16.6. The maximum atomic E-state index is 13.6. The molecular formula is C25H20N2O6. The van der Waals surface area contributed by atoms with Gasteiger partial charge in [0.05, 0.1) is 19.8 Å². The van der Waals surface area contributed by atoms with Crippen LogP contribution < -0.4 is 9.47 Å². The van der Waals surface area contributed by atoms with Crippen molar-refractivity contribution in [3.63, 3.8) is 0 Å². The molecule has 4 aromatic rings. The number of carbonyl (C=O) groups is 2. The van der Waals surface area contributed by atoms with Crippen LogP contribution in [0.5, 0.6) is 11.5 Å². The van der Waals surface area contributed by atoms with Crippen molar-refractivity contribution in [2.24, 2.45) is 0 Å². The van der Waals surface area contributed by atoms with Gasteiger partial charge in [-0.3, -0.25) is 4.79 Å². The first-order valence-electron chi connectivity index (χ1n) is 10.0. The van der Waals surface area contributed by atoms with Crippen LogP contribution in [-0.2, 0) is 11.2 Å². The molecule has 1 heterocycles. The summed E-state index contributed by atoms with van der Waals surface area (Å²) < 4.78 is 15.1. The van der Waals surface area contributed by atoms with E-state index in [-0.39, 0.29) is 17.6 Å². The summed E-state index contributed by atoms with van der Waals surface area (Å²) in [7, 11) is 3.09. The molecule has 0 saturated heterocycles. The Balaban J connectivity index is 1.87. The van der Waals surface area contributed by atoms with Gasteiger partial charge in [0.2, 0.25) is 0 Å². The van der Waals surface area contributed by atoms with E-state index in [0.29, 0.717) is 33.7 Å². The zero-order valence-electron chi connectivity index (χ0n) is 17.9. The average Bonchev–Trinajstić information content (AvgIpc) is 3.31. The Hall–Kier alpha value is -4.46. The zero-order valence-corrected chi connectivity index (χ0v) is 17.9. The highest BCUT2D eigenvalue weighted by Gasteiger charge is 2.24. The van der Waals surface area contributed by atoms with E-state index in [1.807, 2.05) is 0 Å². The molecule has 0 aliphatic carbocycles. The lowest BCUT2D eigenvalue weighted by molar-refractivity contribution is -0.130. The average molecular weight is 444 g/mol. The summed E-state index contributed by atoms with van der Waals surface area (Å²) in [5, 5.41) is 17.7. The summed E-state index contributed by atoms with van der Waals surface area (Å²) in [4.78, 5) is 26.0. The molecule has 0 aliphatic rings. The van der Waals surface area contributed by atoms with Gasteiger partial charge in [-0.15, -0.1) is 0 Å². The van der Waals surface area contributed by atoms with Crippen molar-refractivity contribution in [3.8, 4) is 11.5 Å². The van der Waals surface area contributed by atoms with Gasteiger partial charge in [-0.25, -0.2) is 9.42 Å². The molecule has 3 aromatic carbocycles. The number of nitrogens with zero attached hydrogens (tertiary/aromatic N) is 2. The molecule has 8 nitrogen and oxygen atoms in total. The lowest BCUT2D eigenvalue weighted by Crippen LogP contribution is -2.14. The van der Waals surface area contributed by atoms with Crippen LogP contribution in [0.4, 0.5) is 0 Å². The first-order chi connectivity index (χ1) is 16.0. The van der Waals surface area contributed by atoms with Crippen molar-refractivity contribution in [2.45, 2.75) is 6.42 Å². The van der Waals surface area contributed by atoms with Gasteiger partial charge in [-0.05, 0) is 70.0 Å². The van der Waals surface area contributed by atoms with Crippen LogP contribution in [-0.4, -0.2) is 41.4 Å². The second-order valence-electron chi connectivity index (χ2n) is 7.21. The van der Waals surface area contributed by atoms with E-state index in [0.717, 1.165) is 5.56 Å². The number of carboxylic acid groups (broad SMARTS) is 1. The number of ether oxygens (including phenoxy) is 2. The predicted molar refractivity (Wildman–Crippen MR) is 120 cm³/mol. The van der Waals surface area contributed by atoms with Crippen molar-refractivity contribution in [3.05, 3.63) is 89.0 Å². The van der Waals surface area contributed by atoms with Gasteiger partial charge in [-0.1, -0.05) is 18.2 Å². The number of allylic oxidation sites excluding steroid dienone is 1. The Morgan fingerprint density at radius 3 is 2.00 bits per heavy atom. The van der Waals surface area contributed by atoms with Crippen LogP contribution in [0.3, 0.4) is 0 Å². The van der Waals surface area contributed by atoms with E-state index in [1.165, 1.54) is 7.11 Å². The van der Waals surface area contributed by atoms with E-state index in [2.05, 4.69) is 10.3 Å². The highest BCUT2D eigenvalue weighted by molar-refractivity contribution is 6.26. The number of aromatic nitrogens is 2. The molecule has 0 spiro atoms. The first-order valence-corrected chi connectivity index (χ1v) is 10.0. The number of ketones is 1. The van der Waals surface area contributed by atoms with Crippen LogP contribution in [0.1, 0.15) is 21.5 Å². The predicted octanol–water partition coefficient (Wildman–Crippen LogP) is 4.20. The third-order valence-electron chi connectivity index (χ3n) is 5.22. The molecule has 0 radical (unpaired) electrons. The zero-order chi connectivity index (χ0) is 23.4. The van der Waals surface area contributed by atoms with Gasteiger partial charge >= 0.3 is 5.97 Å². The maximum absolute atomic E-state index is 13.6. The van der Waals surface area contributed by atoms with E-state index in [4.69, 9.17) is 14.1 Å². The van der Waals surface area contributed by atoms with Gasteiger partial charge in [-0.2, -0.15) is 0 Å². The SMILES string of the molecule is COc1ccc(CC(C(=O)c2ccc(OC)cc2)=C(C(=O)O)c2ccc3nonc3c2)cc1. The summed E-state index contributed by atoms with van der Waals surface area (Å²) in [5.41, 5.74) is 2.34. The minimum Gasteiger partial charge on any atom is -0.497 e. The fraction of sp³-hybridized carbons (Fsp3) is 0.120. The van der Waals surface area contributed by atoms with E-state index in [1.54, 1.807) is 73.8 Å². The molecule has 0 fully saturated rings. The number of Topliss-reactive ketones (excluding diaryl/α,β-unsaturated/α-hetero) is 1. The highest BCUT2D eigenvalue weighted by Crippen LogP contribution is 2.28. The summed E-state index contributed by atoms with van der Waals surface area (Å²) >= 11 is 0. The standard InChI is InChI=1S/C25H20N2O6/c1-31-18-8-3-15(4-9-18)13-20(24(28)16-5-10-19(32-2)11-6-16)23(25(29)30)17-7-12-21-22(14-17)27-33-26-21/h3-12,14H,13H2,1-2H3,(H,29,30). The quantitative estimate of drug-likeness (QED) is 0.318. The molecule has 0 saturated carbocycles. The van der Waals surface area contributed by atoms with Gasteiger partial charge in [0.1, 0.15) is 22.5 Å². The molecule has 166 valence electrons. The fourth-order valence-corrected chi connectivity index (χ4v) is 3.51. The van der Waals surface area contributed by atoms with Gasteiger partial charge < -0.3 is 14.6 Å². The molecule has 0 aliphatic heterocycles. The summed E-state index contributed by atoms with van der Waals surface area (Å²) in [6, 6.07) is 18.4. The number of hydrogen-bond donors (Lipinski definition) is 1. The number of benzene rings is 3. The summed E-state index contributed by atoms with van der Waals surface area (Å²) in [6.45, 7) is 0. The number of aliphatic carboxylic acids is 1. The first kappa shape index (κ1) is 21.8. The molecule has 0 atom stereocenters. The minimum atomic E-state index is -1.23. The van der Waals surface area contributed by atoms with Crippen molar-refractivity contribution in [1.29, 1.82) is 0 Å². The van der Waals surface area contributed by atoms with Crippen molar-refractivity contribution < 1.29 is 28.8 Å². The van der Waals surface area contributed by atoms with Crippen molar-refractivity contribution in [1.82, 2.24) is 10.3 Å². The molecule has 0 amide bonds. The minimum absolute atomic E-state index is 0.103. The van der Waals surface area contributed by atoms with Crippen LogP contribution in [0.15, 0.2) is 76.9 Å². The topological polar surface area (TPSA) is 112 Å². The lowest BCUT2D eigenvalue weighted by atomic mass is 9.89. The molecule has 0 bridgehead atoms. The second-order valence-corrected chi connectivity index (χ2v) is 7.21. The normalized spacial score (nSPS) is 11.7. The number of rotatable bonds is 8. The monoisotopic (exact) mass is 444 g/mol. The van der Waals surface area contributed by atoms with Gasteiger partial charge in [0, 0.05) is 17.6 Å². The Morgan fingerprint density at radius 2 is 1.39 bits per heavy atom. The fourth-order valence-electron chi connectivity index (χ4n) is 3.51. The Bertz CT molecular complexity index is 1340. The molecular weight excluding hydrogens is 424 g/mol.